The Morgan fingerprint density at radius 2 is 2.46 bits per heavy atom. The summed E-state index contributed by atoms with van der Waals surface area (Å²) in [5.74, 6) is 0.731. The highest BCUT2D eigenvalue weighted by Crippen LogP contribution is 2.13. The van der Waals surface area contributed by atoms with Crippen LogP contribution in [0.1, 0.15) is 5.56 Å². The van der Waals surface area contributed by atoms with Crippen molar-refractivity contribution in [3.63, 3.8) is 0 Å². The molecule has 0 unspecified atom stereocenters. The first-order valence-corrected chi connectivity index (χ1v) is 4.25. The zero-order chi connectivity index (χ0) is 9.26. The number of hydrogen-bond acceptors (Lipinski definition) is 2. The Morgan fingerprint density at radius 3 is 3.08 bits per heavy atom. The zero-order valence-electron chi connectivity index (χ0n) is 7.45. The van der Waals surface area contributed by atoms with Crippen molar-refractivity contribution in [3.05, 3.63) is 23.9 Å². The van der Waals surface area contributed by atoms with Gasteiger partial charge in [0.15, 0.2) is 0 Å². The lowest BCUT2D eigenvalue weighted by atomic mass is 10.3. The van der Waals surface area contributed by atoms with Gasteiger partial charge >= 0.3 is 6.03 Å². The lowest BCUT2D eigenvalue weighted by molar-refractivity contribution is 0.252. The van der Waals surface area contributed by atoms with E-state index in [0.717, 1.165) is 11.4 Å². The van der Waals surface area contributed by atoms with Crippen LogP contribution in [-0.4, -0.2) is 24.1 Å². The number of aryl methyl sites for hydroxylation is 1. The molecule has 1 aliphatic heterocycles. The molecule has 0 atom stereocenters. The van der Waals surface area contributed by atoms with Crippen LogP contribution in [0.4, 0.5) is 10.6 Å². The van der Waals surface area contributed by atoms with Gasteiger partial charge in [0.1, 0.15) is 5.82 Å². The molecule has 4 heteroatoms. The molecule has 0 bridgehead atoms. The molecule has 0 radical (unpaired) electrons. The summed E-state index contributed by atoms with van der Waals surface area (Å²) in [4.78, 5) is 17.0. The molecule has 1 aliphatic rings. The van der Waals surface area contributed by atoms with Crippen LogP contribution in [0.3, 0.4) is 0 Å². The number of carbonyl (C=O) groups excluding carboxylic acids is 1. The molecule has 1 N–H and O–H groups in total. The number of hydrogen-bond donors (Lipinski definition) is 1. The molecule has 68 valence electrons. The Morgan fingerprint density at radius 1 is 1.62 bits per heavy atom. The van der Waals surface area contributed by atoms with Gasteiger partial charge in [0.25, 0.3) is 0 Å². The van der Waals surface area contributed by atoms with E-state index in [9.17, 15) is 4.79 Å². The summed E-state index contributed by atoms with van der Waals surface area (Å²) >= 11 is 0. The van der Waals surface area contributed by atoms with Crippen molar-refractivity contribution in [1.82, 2.24) is 10.3 Å². The Bertz CT molecular complexity index is 337. The molecule has 2 rings (SSSR count). The monoisotopic (exact) mass is 177 g/mol. The molecule has 2 heterocycles. The van der Waals surface area contributed by atoms with Gasteiger partial charge in [-0.15, -0.1) is 0 Å². The van der Waals surface area contributed by atoms with E-state index in [0.29, 0.717) is 13.1 Å². The van der Waals surface area contributed by atoms with Crippen LogP contribution in [0.25, 0.3) is 0 Å². The first-order chi connectivity index (χ1) is 6.27. The van der Waals surface area contributed by atoms with E-state index in [1.165, 1.54) is 0 Å². The second-order valence-corrected chi connectivity index (χ2v) is 3.07. The van der Waals surface area contributed by atoms with Gasteiger partial charge in [0, 0.05) is 19.3 Å². The number of pyridine rings is 1. The molecule has 13 heavy (non-hydrogen) atoms. The quantitative estimate of drug-likeness (QED) is 0.693. The molecule has 1 aromatic heterocycles. The summed E-state index contributed by atoms with van der Waals surface area (Å²) in [6, 6.07) is 3.76. The summed E-state index contributed by atoms with van der Waals surface area (Å²) in [7, 11) is 0. The summed E-state index contributed by atoms with van der Waals surface area (Å²) in [5, 5.41) is 2.73. The number of anilines is 1. The summed E-state index contributed by atoms with van der Waals surface area (Å²) in [6.07, 6.45) is 1.72. The maximum atomic E-state index is 11.3. The minimum Gasteiger partial charge on any atom is -0.336 e. The fourth-order valence-electron chi connectivity index (χ4n) is 1.36. The van der Waals surface area contributed by atoms with Crippen molar-refractivity contribution in [2.75, 3.05) is 18.0 Å². The standard InChI is InChI=1S/C9H11N3O/c1-7-2-3-10-8(6-7)12-5-4-11-9(12)13/h2-3,6H,4-5H2,1H3,(H,11,13). The van der Waals surface area contributed by atoms with Crippen molar-refractivity contribution in [3.8, 4) is 0 Å². The van der Waals surface area contributed by atoms with Gasteiger partial charge in [-0.05, 0) is 24.6 Å². The molecule has 2 amide bonds. The molecule has 4 nitrogen and oxygen atoms in total. The minimum atomic E-state index is -0.0573. The van der Waals surface area contributed by atoms with Crippen LogP contribution in [0.15, 0.2) is 18.3 Å². The van der Waals surface area contributed by atoms with E-state index in [4.69, 9.17) is 0 Å². The number of nitrogens with one attached hydrogen (secondary N) is 1. The minimum absolute atomic E-state index is 0.0573. The Hall–Kier alpha value is -1.58. The van der Waals surface area contributed by atoms with Gasteiger partial charge in [-0.3, -0.25) is 4.90 Å². The normalized spacial score (nSPS) is 16.1. The van der Waals surface area contributed by atoms with Crippen LogP contribution in [0.2, 0.25) is 0 Å². The Kier molecular flexibility index (Phi) is 1.88. The highest BCUT2D eigenvalue weighted by atomic mass is 16.2. The highest BCUT2D eigenvalue weighted by molar-refractivity contribution is 5.93. The van der Waals surface area contributed by atoms with Crippen molar-refractivity contribution >= 4 is 11.8 Å². The van der Waals surface area contributed by atoms with Crippen LogP contribution in [-0.2, 0) is 0 Å². The van der Waals surface area contributed by atoms with Crippen molar-refractivity contribution < 1.29 is 4.79 Å². The van der Waals surface area contributed by atoms with Gasteiger partial charge < -0.3 is 5.32 Å². The zero-order valence-corrected chi connectivity index (χ0v) is 7.45. The highest BCUT2D eigenvalue weighted by Gasteiger charge is 2.21. The lowest BCUT2D eigenvalue weighted by Crippen LogP contribution is -2.28. The average Bonchev–Trinajstić information content (AvgIpc) is 2.51. The molecular formula is C9H11N3O. The van der Waals surface area contributed by atoms with Crippen LogP contribution >= 0.6 is 0 Å². The van der Waals surface area contributed by atoms with Crippen molar-refractivity contribution in [1.29, 1.82) is 0 Å². The van der Waals surface area contributed by atoms with Crippen LogP contribution in [0.5, 0.6) is 0 Å². The fraction of sp³-hybridized carbons (Fsp3) is 0.333. The van der Waals surface area contributed by atoms with E-state index >= 15 is 0 Å². The van der Waals surface area contributed by atoms with E-state index in [1.54, 1.807) is 11.1 Å². The van der Waals surface area contributed by atoms with Gasteiger partial charge in [0.2, 0.25) is 0 Å². The van der Waals surface area contributed by atoms with Gasteiger partial charge in [-0.2, -0.15) is 0 Å². The maximum absolute atomic E-state index is 11.3. The molecule has 0 spiro atoms. The first kappa shape index (κ1) is 8.04. The Balaban J connectivity index is 2.29. The third-order valence-electron chi connectivity index (χ3n) is 2.03. The molecular weight excluding hydrogens is 166 g/mol. The molecule has 1 saturated heterocycles. The van der Waals surface area contributed by atoms with Gasteiger partial charge in [-0.25, -0.2) is 9.78 Å². The molecule has 0 aliphatic carbocycles. The van der Waals surface area contributed by atoms with Gasteiger partial charge in [-0.1, -0.05) is 0 Å². The van der Waals surface area contributed by atoms with E-state index in [-0.39, 0.29) is 6.03 Å². The number of amides is 2. The average molecular weight is 177 g/mol. The van der Waals surface area contributed by atoms with Crippen molar-refractivity contribution in [2.24, 2.45) is 0 Å². The summed E-state index contributed by atoms with van der Waals surface area (Å²) in [6.45, 7) is 3.39. The van der Waals surface area contributed by atoms with E-state index in [2.05, 4.69) is 10.3 Å². The van der Waals surface area contributed by atoms with Crippen LogP contribution < -0.4 is 10.2 Å². The number of aromatic nitrogens is 1. The molecule has 0 saturated carbocycles. The van der Waals surface area contributed by atoms with Crippen molar-refractivity contribution in [2.45, 2.75) is 6.92 Å². The Labute approximate surface area is 76.6 Å². The number of nitrogens with zero attached hydrogens (tertiary/aromatic N) is 2. The second kappa shape index (κ2) is 3.05. The largest absolute Gasteiger partial charge is 0.336 e. The third-order valence-corrected chi connectivity index (χ3v) is 2.03. The second-order valence-electron chi connectivity index (χ2n) is 3.07. The predicted molar refractivity (Wildman–Crippen MR) is 49.7 cm³/mol. The molecule has 1 aromatic rings. The van der Waals surface area contributed by atoms with Gasteiger partial charge in [0.05, 0.1) is 0 Å². The SMILES string of the molecule is Cc1ccnc(N2CCNC2=O)c1. The molecule has 0 aromatic carbocycles. The predicted octanol–water partition coefficient (Wildman–Crippen LogP) is 0.920. The first-order valence-electron chi connectivity index (χ1n) is 4.25. The third kappa shape index (κ3) is 1.47. The number of carbonyl (C=O) groups is 1. The maximum Gasteiger partial charge on any atom is 0.323 e. The lowest BCUT2D eigenvalue weighted by Gasteiger charge is -2.12. The van der Waals surface area contributed by atoms with E-state index in [1.807, 2.05) is 19.1 Å². The summed E-state index contributed by atoms with van der Waals surface area (Å²) < 4.78 is 0. The molecule has 1 fully saturated rings. The topological polar surface area (TPSA) is 45.2 Å². The smallest absolute Gasteiger partial charge is 0.323 e. The number of rotatable bonds is 1. The summed E-state index contributed by atoms with van der Waals surface area (Å²) in [5.41, 5.74) is 1.12. The van der Waals surface area contributed by atoms with Crippen LogP contribution in [0, 0.1) is 6.92 Å². The number of urea groups is 1. The van der Waals surface area contributed by atoms with E-state index < -0.39 is 0 Å². The fourth-order valence-corrected chi connectivity index (χ4v) is 1.36.